The second-order valence-corrected chi connectivity index (χ2v) is 4.64. The Morgan fingerprint density at radius 2 is 2.05 bits per heavy atom. The first kappa shape index (κ1) is 15.0. The third-order valence-electron chi connectivity index (χ3n) is 2.56. The van der Waals surface area contributed by atoms with Crippen molar-refractivity contribution in [2.45, 2.75) is 33.4 Å². The summed E-state index contributed by atoms with van der Waals surface area (Å²) in [5.41, 5.74) is 0.955. The van der Waals surface area contributed by atoms with E-state index in [-0.39, 0.29) is 6.10 Å². The number of aromatic nitrogens is 3. The Hall–Kier alpha value is -2.37. The number of ether oxygens (including phenoxy) is 2. The summed E-state index contributed by atoms with van der Waals surface area (Å²) in [6.45, 7) is 6.97. The first-order valence-electron chi connectivity index (χ1n) is 6.99. The molecule has 6 nitrogen and oxygen atoms in total. The second kappa shape index (κ2) is 7.42. The van der Waals surface area contributed by atoms with Crippen molar-refractivity contribution in [1.29, 1.82) is 0 Å². The van der Waals surface area contributed by atoms with Crippen molar-refractivity contribution < 1.29 is 9.47 Å². The number of anilines is 1. The molecule has 0 atom stereocenters. The zero-order chi connectivity index (χ0) is 15.1. The molecule has 0 fully saturated rings. The zero-order valence-corrected chi connectivity index (χ0v) is 12.5. The van der Waals surface area contributed by atoms with Crippen LogP contribution in [0.15, 0.2) is 30.6 Å². The number of nitrogens with zero attached hydrogens (tertiary/aromatic N) is 3. The van der Waals surface area contributed by atoms with Crippen molar-refractivity contribution in [2.24, 2.45) is 0 Å². The molecule has 0 aromatic carbocycles. The van der Waals surface area contributed by atoms with Gasteiger partial charge in [-0.15, -0.1) is 0 Å². The summed E-state index contributed by atoms with van der Waals surface area (Å²) < 4.78 is 11.0. The molecule has 1 N–H and O–H groups in total. The third kappa shape index (κ3) is 4.59. The van der Waals surface area contributed by atoms with E-state index in [1.54, 1.807) is 18.5 Å². The molecule has 2 aromatic rings. The van der Waals surface area contributed by atoms with Gasteiger partial charge in [0.25, 0.3) is 0 Å². The summed E-state index contributed by atoms with van der Waals surface area (Å²) in [6.07, 6.45) is 3.46. The van der Waals surface area contributed by atoms with Gasteiger partial charge in [0.05, 0.1) is 12.7 Å². The lowest BCUT2D eigenvalue weighted by Gasteiger charge is -2.13. The molecule has 0 saturated carbocycles. The molecule has 6 heteroatoms. The smallest absolute Gasteiger partial charge is 0.226 e. The number of nitrogens with one attached hydrogen (secondary N) is 1. The van der Waals surface area contributed by atoms with Gasteiger partial charge in [-0.1, -0.05) is 6.07 Å². The Kier molecular flexibility index (Phi) is 5.31. The maximum Gasteiger partial charge on any atom is 0.226 e. The Bertz CT molecular complexity index is 575. The van der Waals surface area contributed by atoms with Crippen LogP contribution in [0.1, 0.15) is 26.3 Å². The molecular weight excluding hydrogens is 268 g/mol. The fourth-order valence-corrected chi connectivity index (χ4v) is 1.72. The predicted molar refractivity (Wildman–Crippen MR) is 80.5 cm³/mol. The van der Waals surface area contributed by atoms with Gasteiger partial charge >= 0.3 is 0 Å². The van der Waals surface area contributed by atoms with Gasteiger partial charge in [0.15, 0.2) is 0 Å². The average molecular weight is 288 g/mol. The Balaban J connectivity index is 2.04. The van der Waals surface area contributed by atoms with Gasteiger partial charge in [0.2, 0.25) is 17.7 Å². The fourth-order valence-electron chi connectivity index (χ4n) is 1.72. The van der Waals surface area contributed by atoms with Crippen LogP contribution < -0.4 is 14.8 Å². The van der Waals surface area contributed by atoms with E-state index in [9.17, 15) is 0 Å². The van der Waals surface area contributed by atoms with Crippen LogP contribution in [0.5, 0.6) is 11.8 Å². The Morgan fingerprint density at radius 1 is 1.19 bits per heavy atom. The minimum absolute atomic E-state index is 0.0798. The van der Waals surface area contributed by atoms with Crippen LogP contribution in [0.2, 0.25) is 0 Å². The number of pyridine rings is 1. The molecule has 0 spiro atoms. The monoisotopic (exact) mass is 288 g/mol. The predicted octanol–water partition coefficient (Wildman–Crippen LogP) is 2.67. The molecule has 112 valence electrons. The van der Waals surface area contributed by atoms with Crippen molar-refractivity contribution in [3.05, 3.63) is 36.2 Å². The zero-order valence-electron chi connectivity index (χ0n) is 12.5. The van der Waals surface area contributed by atoms with Crippen LogP contribution in [0.25, 0.3) is 0 Å². The lowest BCUT2D eigenvalue weighted by Crippen LogP contribution is -2.11. The van der Waals surface area contributed by atoms with Gasteiger partial charge in [-0.2, -0.15) is 4.98 Å². The first-order chi connectivity index (χ1) is 10.2. The fraction of sp³-hybridized carbons (Fsp3) is 0.400. The van der Waals surface area contributed by atoms with Crippen molar-refractivity contribution >= 4 is 5.95 Å². The summed E-state index contributed by atoms with van der Waals surface area (Å²) >= 11 is 0. The topological polar surface area (TPSA) is 69.2 Å². The summed E-state index contributed by atoms with van der Waals surface area (Å²) in [5.74, 6) is 1.70. The number of rotatable bonds is 7. The molecule has 21 heavy (non-hydrogen) atoms. The molecule has 2 heterocycles. The normalized spacial score (nSPS) is 10.5. The van der Waals surface area contributed by atoms with Gasteiger partial charge < -0.3 is 14.8 Å². The molecule has 2 aromatic heterocycles. The van der Waals surface area contributed by atoms with E-state index in [1.165, 1.54) is 0 Å². The van der Waals surface area contributed by atoms with Crippen LogP contribution >= 0.6 is 0 Å². The molecule has 0 saturated heterocycles. The van der Waals surface area contributed by atoms with Crippen molar-refractivity contribution in [2.75, 3.05) is 11.9 Å². The van der Waals surface area contributed by atoms with E-state index in [0.717, 1.165) is 5.56 Å². The van der Waals surface area contributed by atoms with Crippen molar-refractivity contribution in [1.82, 2.24) is 15.0 Å². The van der Waals surface area contributed by atoms with Gasteiger partial charge in [0.1, 0.15) is 0 Å². The van der Waals surface area contributed by atoms with E-state index in [4.69, 9.17) is 9.47 Å². The molecule has 2 rings (SSSR count). The van der Waals surface area contributed by atoms with E-state index < -0.39 is 0 Å². The van der Waals surface area contributed by atoms with Gasteiger partial charge in [-0.25, -0.2) is 9.97 Å². The molecule has 0 radical (unpaired) electrons. The van der Waals surface area contributed by atoms with E-state index in [0.29, 0.717) is 30.9 Å². The molecule has 0 unspecified atom stereocenters. The molecule has 0 aliphatic carbocycles. The third-order valence-corrected chi connectivity index (χ3v) is 2.56. The van der Waals surface area contributed by atoms with Crippen LogP contribution in [-0.2, 0) is 6.54 Å². The SMILES string of the molecule is CCOc1ccnc(NCc2cccnc2OC(C)C)n1. The minimum Gasteiger partial charge on any atom is -0.478 e. The lowest BCUT2D eigenvalue weighted by molar-refractivity contribution is 0.230. The number of hydrogen-bond acceptors (Lipinski definition) is 6. The highest BCUT2D eigenvalue weighted by atomic mass is 16.5. The molecule has 0 amide bonds. The van der Waals surface area contributed by atoms with Gasteiger partial charge in [-0.3, -0.25) is 0 Å². The second-order valence-electron chi connectivity index (χ2n) is 4.64. The van der Waals surface area contributed by atoms with Crippen LogP contribution in [0.4, 0.5) is 5.95 Å². The Morgan fingerprint density at radius 3 is 2.81 bits per heavy atom. The summed E-state index contributed by atoms with van der Waals surface area (Å²) in [5, 5.41) is 3.15. The maximum atomic E-state index is 5.68. The first-order valence-corrected chi connectivity index (χ1v) is 6.99. The molecule has 0 bridgehead atoms. The molecular formula is C15H20N4O2. The standard InChI is InChI=1S/C15H20N4O2/c1-4-20-13-7-9-17-15(19-13)18-10-12-6-5-8-16-14(12)21-11(2)3/h5-9,11H,4,10H2,1-3H3,(H,17,18,19). The largest absolute Gasteiger partial charge is 0.478 e. The maximum absolute atomic E-state index is 5.68. The summed E-state index contributed by atoms with van der Waals surface area (Å²) in [6, 6.07) is 5.57. The van der Waals surface area contributed by atoms with Crippen molar-refractivity contribution in [3.8, 4) is 11.8 Å². The van der Waals surface area contributed by atoms with Gasteiger partial charge in [0, 0.05) is 30.6 Å². The summed E-state index contributed by atoms with van der Waals surface area (Å²) in [7, 11) is 0. The quantitative estimate of drug-likeness (QED) is 0.844. The highest BCUT2D eigenvalue weighted by Gasteiger charge is 2.07. The Labute approximate surface area is 124 Å². The summed E-state index contributed by atoms with van der Waals surface area (Å²) in [4.78, 5) is 12.7. The minimum atomic E-state index is 0.0798. The van der Waals surface area contributed by atoms with Gasteiger partial charge in [-0.05, 0) is 26.8 Å². The van der Waals surface area contributed by atoms with Crippen molar-refractivity contribution in [3.63, 3.8) is 0 Å². The highest BCUT2D eigenvalue weighted by Crippen LogP contribution is 2.17. The van der Waals surface area contributed by atoms with Crippen LogP contribution in [0, 0.1) is 0 Å². The molecule has 0 aliphatic rings. The highest BCUT2D eigenvalue weighted by molar-refractivity contribution is 5.33. The van der Waals surface area contributed by atoms with E-state index in [1.807, 2.05) is 32.9 Å². The van der Waals surface area contributed by atoms with Crippen LogP contribution in [-0.4, -0.2) is 27.7 Å². The lowest BCUT2D eigenvalue weighted by atomic mass is 10.2. The van der Waals surface area contributed by atoms with Crippen LogP contribution in [0.3, 0.4) is 0 Å². The number of hydrogen-bond donors (Lipinski definition) is 1. The average Bonchev–Trinajstić information content (AvgIpc) is 2.47. The van der Waals surface area contributed by atoms with E-state index in [2.05, 4.69) is 20.3 Å². The molecule has 0 aliphatic heterocycles. The van der Waals surface area contributed by atoms with E-state index >= 15 is 0 Å².